The molecule has 6 fully saturated rings. The average molecular weight is 515 g/mol. The minimum atomic E-state index is -4.61. The third-order valence-corrected chi connectivity index (χ3v) is 9.09. The van der Waals surface area contributed by atoms with Crippen molar-refractivity contribution in [3.63, 3.8) is 0 Å². The molecular weight excluding hydrogens is 488 g/mol. The van der Waals surface area contributed by atoms with Gasteiger partial charge in [0.2, 0.25) is 11.7 Å². The number of hydrogen-bond donors (Lipinski definition) is 0. The lowest BCUT2D eigenvalue weighted by molar-refractivity contribution is -0.187. The predicted octanol–water partition coefficient (Wildman–Crippen LogP) is 5.32. The van der Waals surface area contributed by atoms with Crippen molar-refractivity contribution >= 4 is 11.6 Å². The van der Waals surface area contributed by atoms with Crippen molar-refractivity contribution in [3.05, 3.63) is 53.6 Å². The molecule has 2 aliphatic heterocycles. The summed E-state index contributed by atoms with van der Waals surface area (Å²) in [4.78, 5) is 22.7. The number of carbonyl (C=O) groups is 1. The lowest BCUT2D eigenvalue weighted by atomic mass is 9.63. The number of carbonyl (C=O) groups excluding carboxylic acids is 1. The van der Waals surface area contributed by atoms with E-state index in [2.05, 4.69) is 16.0 Å². The van der Waals surface area contributed by atoms with Gasteiger partial charge in [0.15, 0.2) is 0 Å². The first-order valence-corrected chi connectivity index (χ1v) is 12.6. The normalized spacial score (nSPS) is 34.0. The highest BCUT2D eigenvalue weighted by molar-refractivity contribution is 5.99. The number of aromatic nitrogens is 2. The number of benzene rings is 1. The lowest BCUT2D eigenvalue weighted by Crippen LogP contribution is -2.57. The van der Waals surface area contributed by atoms with E-state index in [0.717, 1.165) is 0 Å². The van der Waals surface area contributed by atoms with Crippen molar-refractivity contribution in [3.8, 4) is 6.07 Å². The maximum atomic E-state index is 14.3. The molecule has 4 bridgehead atoms. The number of anilines is 1. The zero-order chi connectivity index (χ0) is 26.1. The van der Waals surface area contributed by atoms with Crippen LogP contribution in [0.15, 0.2) is 36.7 Å². The second-order valence-corrected chi connectivity index (χ2v) is 11.3. The Hall–Kier alpha value is -3.06. The minimum absolute atomic E-state index is 0.0475. The Morgan fingerprint density at radius 2 is 1.84 bits per heavy atom. The largest absolute Gasteiger partial charge is 0.451 e. The summed E-state index contributed by atoms with van der Waals surface area (Å²) in [6.45, 7) is 0.709. The van der Waals surface area contributed by atoms with Crippen molar-refractivity contribution in [2.24, 2.45) is 16.7 Å². The number of fused-ring (bicyclic) bond motifs is 4. The molecule has 1 aromatic carbocycles. The summed E-state index contributed by atoms with van der Waals surface area (Å²) in [5.74, 6) is -1.32. The third kappa shape index (κ3) is 3.90. The molecule has 1 aromatic heterocycles. The number of ether oxygens (including phenoxy) is 1. The van der Waals surface area contributed by atoms with Crippen molar-refractivity contribution in [1.29, 1.82) is 5.26 Å². The molecule has 4 aliphatic carbocycles. The fourth-order valence-electron chi connectivity index (χ4n) is 6.86. The maximum Gasteiger partial charge on any atom is 0.451 e. The summed E-state index contributed by atoms with van der Waals surface area (Å²) in [6.07, 6.45) is 0.765. The molecule has 8 rings (SSSR count). The number of amides is 1. The van der Waals surface area contributed by atoms with Gasteiger partial charge in [0.1, 0.15) is 6.17 Å². The summed E-state index contributed by atoms with van der Waals surface area (Å²) in [5, 5.41) is 9.41. The molecule has 0 spiro atoms. The van der Waals surface area contributed by atoms with Crippen molar-refractivity contribution < 1.29 is 27.1 Å². The van der Waals surface area contributed by atoms with Crippen LogP contribution in [0.25, 0.3) is 0 Å². The standard InChI is InChI=1S/C27H26F4N4O2/c28-21-11-25(9-18(21)10-25)23(36)35(20-3-1-2-17(8-20)12-32)15-24-4-6-26(7-5-24,37-16-24)19-13-33-22(34-14-19)27(29,30)31/h1-3,8,13-14,18,21H,4-7,9-11,15-16H2. The first-order chi connectivity index (χ1) is 17.6. The second-order valence-electron chi connectivity index (χ2n) is 11.3. The fraction of sp³-hybridized carbons (Fsp3) is 0.556. The molecule has 37 heavy (non-hydrogen) atoms. The molecule has 194 valence electrons. The minimum Gasteiger partial charge on any atom is -0.370 e. The zero-order valence-electron chi connectivity index (χ0n) is 20.1. The smallest absolute Gasteiger partial charge is 0.370 e. The third-order valence-electron chi connectivity index (χ3n) is 9.09. The summed E-state index contributed by atoms with van der Waals surface area (Å²) < 4.78 is 59.4. The van der Waals surface area contributed by atoms with E-state index >= 15 is 0 Å². The quantitative estimate of drug-likeness (QED) is 0.505. The predicted molar refractivity (Wildman–Crippen MR) is 124 cm³/mol. The van der Waals surface area contributed by atoms with Gasteiger partial charge in [-0.2, -0.15) is 18.4 Å². The Morgan fingerprint density at radius 1 is 1.14 bits per heavy atom. The van der Waals surface area contributed by atoms with E-state index in [4.69, 9.17) is 4.74 Å². The first kappa shape index (κ1) is 24.3. The van der Waals surface area contributed by atoms with E-state index in [0.29, 0.717) is 68.5 Å². The maximum absolute atomic E-state index is 14.3. The van der Waals surface area contributed by atoms with Gasteiger partial charge in [0.25, 0.3) is 0 Å². The number of nitrogens with zero attached hydrogens (tertiary/aromatic N) is 4. The number of alkyl halides is 4. The van der Waals surface area contributed by atoms with Gasteiger partial charge in [0, 0.05) is 35.6 Å². The van der Waals surface area contributed by atoms with E-state index in [1.807, 2.05) is 0 Å². The number of halogens is 4. The van der Waals surface area contributed by atoms with Gasteiger partial charge in [-0.3, -0.25) is 4.79 Å². The summed E-state index contributed by atoms with van der Waals surface area (Å²) in [7, 11) is 0. The second kappa shape index (κ2) is 8.22. The molecule has 6 aliphatic rings. The van der Waals surface area contributed by atoms with Gasteiger partial charge in [-0.15, -0.1) is 0 Å². The first-order valence-electron chi connectivity index (χ1n) is 12.6. The molecule has 0 N–H and O–H groups in total. The summed E-state index contributed by atoms with van der Waals surface area (Å²) in [6, 6.07) is 9.05. The van der Waals surface area contributed by atoms with Crippen LogP contribution in [-0.4, -0.2) is 35.2 Å². The number of rotatable bonds is 5. The Balaban J connectivity index is 1.24. The molecule has 3 heterocycles. The SMILES string of the molecule is N#Cc1cccc(N(CC23CCC(c4cnc(C(F)(F)F)nc4)(CC2)OC3)C(=O)C23CC(F)C(C2)C3)c1. The van der Waals surface area contributed by atoms with Gasteiger partial charge >= 0.3 is 6.18 Å². The van der Waals surface area contributed by atoms with Gasteiger partial charge in [0.05, 0.1) is 29.3 Å². The average Bonchev–Trinajstić information content (AvgIpc) is 3.40. The van der Waals surface area contributed by atoms with Crippen LogP contribution < -0.4 is 4.90 Å². The van der Waals surface area contributed by atoms with E-state index in [1.54, 1.807) is 29.2 Å². The molecule has 1 unspecified atom stereocenters. The molecule has 4 saturated carbocycles. The van der Waals surface area contributed by atoms with Gasteiger partial charge in [-0.25, -0.2) is 14.4 Å². The molecule has 0 radical (unpaired) electrons. The van der Waals surface area contributed by atoms with Crippen LogP contribution in [0, 0.1) is 28.1 Å². The van der Waals surface area contributed by atoms with Crippen LogP contribution in [0.4, 0.5) is 23.2 Å². The van der Waals surface area contributed by atoms with Gasteiger partial charge in [-0.1, -0.05) is 6.07 Å². The van der Waals surface area contributed by atoms with E-state index < -0.39 is 29.2 Å². The van der Waals surface area contributed by atoms with Crippen LogP contribution in [0.5, 0.6) is 0 Å². The van der Waals surface area contributed by atoms with Crippen LogP contribution in [0.3, 0.4) is 0 Å². The van der Waals surface area contributed by atoms with Crippen molar-refractivity contribution in [2.75, 3.05) is 18.1 Å². The fourth-order valence-corrected chi connectivity index (χ4v) is 6.86. The Morgan fingerprint density at radius 3 is 2.38 bits per heavy atom. The molecule has 2 saturated heterocycles. The van der Waals surface area contributed by atoms with E-state index in [-0.39, 0.29) is 23.7 Å². The van der Waals surface area contributed by atoms with Crippen molar-refractivity contribution in [2.45, 2.75) is 62.9 Å². The van der Waals surface area contributed by atoms with Gasteiger partial charge in [-0.05, 0) is 69.1 Å². The molecule has 10 heteroatoms. The number of hydrogen-bond acceptors (Lipinski definition) is 5. The molecular formula is C27H26F4N4O2. The van der Waals surface area contributed by atoms with Crippen LogP contribution in [-0.2, 0) is 21.3 Å². The Kier molecular flexibility index (Phi) is 5.40. The zero-order valence-corrected chi connectivity index (χ0v) is 20.1. The van der Waals surface area contributed by atoms with E-state index in [1.165, 1.54) is 12.4 Å². The highest BCUT2D eigenvalue weighted by Gasteiger charge is 2.62. The number of nitriles is 1. The van der Waals surface area contributed by atoms with E-state index in [9.17, 15) is 27.6 Å². The summed E-state index contributed by atoms with van der Waals surface area (Å²) in [5.41, 5.74) is -0.181. The Labute approximate surface area is 211 Å². The van der Waals surface area contributed by atoms with Gasteiger partial charge < -0.3 is 9.64 Å². The monoisotopic (exact) mass is 514 g/mol. The highest BCUT2D eigenvalue weighted by Crippen LogP contribution is 2.61. The topological polar surface area (TPSA) is 79.1 Å². The van der Waals surface area contributed by atoms with Crippen molar-refractivity contribution in [1.82, 2.24) is 9.97 Å². The molecule has 1 amide bonds. The van der Waals surface area contributed by atoms with Crippen LogP contribution in [0.2, 0.25) is 0 Å². The molecule has 1 atom stereocenters. The van der Waals surface area contributed by atoms with Crippen LogP contribution >= 0.6 is 0 Å². The summed E-state index contributed by atoms with van der Waals surface area (Å²) >= 11 is 0. The lowest BCUT2D eigenvalue weighted by Gasteiger charge is -2.55. The highest BCUT2D eigenvalue weighted by atomic mass is 19.4. The molecule has 2 aromatic rings. The Bertz CT molecular complexity index is 1240. The molecule has 6 nitrogen and oxygen atoms in total. The van der Waals surface area contributed by atoms with Crippen LogP contribution in [0.1, 0.15) is 61.9 Å².